The van der Waals surface area contributed by atoms with E-state index in [0.717, 1.165) is 26.8 Å². The van der Waals surface area contributed by atoms with Crippen LogP contribution in [-0.2, 0) is 0 Å². The van der Waals surface area contributed by atoms with Crippen molar-refractivity contribution in [3.05, 3.63) is 93.0 Å². The molecule has 0 N–H and O–H groups in total. The molecular weight excluding hydrogens is 434 g/mol. The first-order valence-corrected chi connectivity index (χ1v) is 9.49. The maximum atomic E-state index is 10.8. The van der Waals surface area contributed by atoms with E-state index in [1.54, 1.807) is 30.5 Å². The monoisotopic (exact) mass is 447 g/mol. The van der Waals surface area contributed by atoms with Crippen LogP contribution in [0.5, 0.6) is 0 Å². The second kappa shape index (κ2) is 8.20. The number of nitro groups is 1. The molecule has 4 rings (SSSR count). The van der Waals surface area contributed by atoms with Gasteiger partial charge >= 0.3 is 0 Å². The molecule has 29 heavy (non-hydrogen) atoms. The molecule has 0 saturated carbocycles. The number of nitro benzene ring substituents is 1. The predicted octanol–water partition coefficient (Wildman–Crippen LogP) is 6.58. The minimum absolute atomic E-state index is 0.0575. The zero-order chi connectivity index (χ0) is 20.2. The summed E-state index contributed by atoms with van der Waals surface area (Å²) in [5, 5.41) is 10.8. The van der Waals surface area contributed by atoms with E-state index in [4.69, 9.17) is 4.42 Å². The van der Waals surface area contributed by atoms with Crippen LogP contribution < -0.4 is 0 Å². The second-order valence-corrected chi connectivity index (χ2v) is 7.08. The molecule has 1 aromatic heterocycles. The minimum atomic E-state index is -0.416. The van der Waals surface area contributed by atoms with Crippen molar-refractivity contribution in [1.29, 1.82) is 0 Å². The summed E-state index contributed by atoms with van der Waals surface area (Å²) in [5.74, 6) is 0.555. The van der Waals surface area contributed by atoms with Gasteiger partial charge in [0.05, 0.1) is 10.6 Å². The van der Waals surface area contributed by atoms with E-state index in [0.29, 0.717) is 11.5 Å². The van der Waals surface area contributed by atoms with E-state index >= 15 is 0 Å². The number of benzene rings is 3. The standard InChI is InChI=1S/C22H14BrN3O3/c23-17-8-6-16(7-9-17)22-25-20-14-18(10-11-21(20)29-22)24-12-2-4-15-3-1-5-19(13-15)26(27)28/h1-14H. The maximum absolute atomic E-state index is 10.8. The van der Waals surface area contributed by atoms with Gasteiger partial charge in [0.1, 0.15) is 5.52 Å². The van der Waals surface area contributed by atoms with Gasteiger partial charge in [-0.15, -0.1) is 0 Å². The highest BCUT2D eigenvalue weighted by molar-refractivity contribution is 9.10. The number of non-ortho nitro benzene ring substituents is 1. The van der Waals surface area contributed by atoms with Crippen LogP contribution in [0.4, 0.5) is 11.4 Å². The van der Waals surface area contributed by atoms with Gasteiger partial charge in [-0.05, 0) is 54.1 Å². The van der Waals surface area contributed by atoms with Crippen LogP contribution in [0, 0.1) is 10.1 Å². The number of rotatable bonds is 5. The first-order chi connectivity index (χ1) is 14.1. The fourth-order valence-corrected chi connectivity index (χ4v) is 3.00. The second-order valence-electron chi connectivity index (χ2n) is 6.17. The highest BCUT2D eigenvalue weighted by Gasteiger charge is 2.08. The topological polar surface area (TPSA) is 81.5 Å². The van der Waals surface area contributed by atoms with Gasteiger partial charge in [0.15, 0.2) is 5.58 Å². The third-order valence-electron chi connectivity index (χ3n) is 4.14. The van der Waals surface area contributed by atoms with E-state index in [9.17, 15) is 10.1 Å². The quantitative estimate of drug-likeness (QED) is 0.196. The number of hydrogen-bond donors (Lipinski definition) is 0. The average molecular weight is 448 g/mol. The lowest BCUT2D eigenvalue weighted by molar-refractivity contribution is -0.384. The van der Waals surface area contributed by atoms with Crippen molar-refractivity contribution in [2.24, 2.45) is 4.99 Å². The van der Waals surface area contributed by atoms with E-state index in [1.165, 1.54) is 12.1 Å². The third-order valence-corrected chi connectivity index (χ3v) is 4.67. The summed E-state index contributed by atoms with van der Waals surface area (Å²) in [6.07, 6.45) is 5.13. The Bertz CT molecular complexity index is 1240. The number of fused-ring (bicyclic) bond motifs is 1. The number of halogens is 1. The maximum Gasteiger partial charge on any atom is 0.270 e. The van der Waals surface area contributed by atoms with Gasteiger partial charge in [-0.1, -0.05) is 34.1 Å². The molecule has 0 unspecified atom stereocenters. The Labute approximate surface area is 174 Å². The Hall–Kier alpha value is -3.58. The van der Waals surface area contributed by atoms with Crippen molar-refractivity contribution < 1.29 is 9.34 Å². The number of hydrogen-bond acceptors (Lipinski definition) is 5. The van der Waals surface area contributed by atoms with Crippen molar-refractivity contribution in [2.75, 3.05) is 0 Å². The zero-order valence-electron chi connectivity index (χ0n) is 15.0. The molecule has 7 heteroatoms. The molecule has 0 fully saturated rings. The number of oxazole rings is 1. The lowest BCUT2D eigenvalue weighted by Gasteiger charge is -1.94. The summed E-state index contributed by atoms with van der Waals surface area (Å²) in [7, 11) is 0. The molecule has 4 aromatic rings. The third kappa shape index (κ3) is 4.47. The van der Waals surface area contributed by atoms with E-state index < -0.39 is 4.92 Å². The highest BCUT2D eigenvalue weighted by atomic mass is 79.9. The lowest BCUT2D eigenvalue weighted by atomic mass is 10.2. The van der Waals surface area contributed by atoms with Gasteiger partial charge in [-0.3, -0.25) is 15.1 Å². The van der Waals surface area contributed by atoms with Crippen LogP contribution in [0.3, 0.4) is 0 Å². The molecule has 0 aliphatic rings. The van der Waals surface area contributed by atoms with E-state index in [1.807, 2.05) is 42.5 Å². The van der Waals surface area contributed by atoms with Crippen LogP contribution >= 0.6 is 15.9 Å². The van der Waals surface area contributed by atoms with Crippen molar-refractivity contribution >= 4 is 50.7 Å². The van der Waals surface area contributed by atoms with Gasteiger partial charge in [-0.2, -0.15) is 0 Å². The predicted molar refractivity (Wildman–Crippen MR) is 117 cm³/mol. The first kappa shape index (κ1) is 18.8. The molecule has 0 atom stereocenters. The average Bonchev–Trinajstić information content (AvgIpc) is 3.15. The fourth-order valence-electron chi connectivity index (χ4n) is 2.74. The SMILES string of the molecule is O=[N+]([O-])c1cccc(C=CC=Nc2ccc3oc(-c4ccc(Br)cc4)nc3c2)c1. The number of aliphatic imine (C=N–C) groups is 1. The van der Waals surface area contributed by atoms with Crippen molar-refractivity contribution in [3.8, 4) is 11.5 Å². The normalized spacial score (nSPS) is 11.6. The molecule has 3 aromatic carbocycles. The Morgan fingerprint density at radius 1 is 1.07 bits per heavy atom. The van der Waals surface area contributed by atoms with Crippen LogP contribution in [-0.4, -0.2) is 16.1 Å². The summed E-state index contributed by atoms with van der Waals surface area (Å²) >= 11 is 3.41. The van der Waals surface area contributed by atoms with Gasteiger partial charge in [-0.25, -0.2) is 4.98 Å². The van der Waals surface area contributed by atoms with Gasteiger partial charge < -0.3 is 4.42 Å². The summed E-state index contributed by atoms with van der Waals surface area (Å²) in [6, 6.07) is 19.7. The van der Waals surface area contributed by atoms with Crippen molar-refractivity contribution in [2.45, 2.75) is 0 Å². The van der Waals surface area contributed by atoms with Crippen LogP contribution in [0.25, 0.3) is 28.6 Å². The fraction of sp³-hybridized carbons (Fsp3) is 0. The first-order valence-electron chi connectivity index (χ1n) is 8.70. The summed E-state index contributed by atoms with van der Waals surface area (Å²) in [6.45, 7) is 0. The van der Waals surface area contributed by atoms with Crippen LogP contribution in [0.1, 0.15) is 5.56 Å². The van der Waals surface area contributed by atoms with Crippen molar-refractivity contribution in [1.82, 2.24) is 4.98 Å². The molecule has 1 heterocycles. The van der Waals surface area contributed by atoms with Crippen LogP contribution in [0.15, 0.2) is 86.7 Å². The lowest BCUT2D eigenvalue weighted by Crippen LogP contribution is -1.87. The molecule has 6 nitrogen and oxygen atoms in total. The Morgan fingerprint density at radius 3 is 2.69 bits per heavy atom. The Morgan fingerprint density at radius 2 is 1.90 bits per heavy atom. The largest absolute Gasteiger partial charge is 0.436 e. The van der Waals surface area contributed by atoms with E-state index in [2.05, 4.69) is 25.9 Å². The Kier molecular flexibility index (Phi) is 5.31. The number of allylic oxidation sites excluding steroid dienone is 1. The smallest absolute Gasteiger partial charge is 0.270 e. The Balaban J connectivity index is 1.51. The van der Waals surface area contributed by atoms with Gasteiger partial charge in [0.2, 0.25) is 5.89 Å². The van der Waals surface area contributed by atoms with Gasteiger partial charge in [0, 0.05) is 28.4 Å². The summed E-state index contributed by atoms with van der Waals surface area (Å²) in [5.41, 5.74) is 3.83. The molecule has 0 aliphatic carbocycles. The summed E-state index contributed by atoms with van der Waals surface area (Å²) < 4.78 is 6.81. The number of nitrogens with zero attached hydrogens (tertiary/aromatic N) is 3. The molecule has 142 valence electrons. The van der Waals surface area contributed by atoms with Crippen molar-refractivity contribution in [3.63, 3.8) is 0 Å². The summed E-state index contributed by atoms with van der Waals surface area (Å²) in [4.78, 5) is 19.3. The number of aromatic nitrogens is 1. The van der Waals surface area contributed by atoms with Crippen LogP contribution in [0.2, 0.25) is 0 Å². The molecule has 0 amide bonds. The van der Waals surface area contributed by atoms with Gasteiger partial charge in [0.25, 0.3) is 5.69 Å². The highest BCUT2D eigenvalue weighted by Crippen LogP contribution is 2.27. The molecule has 0 spiro atoms. The minimum Gasteiger partial charge on any atom is -0.436 e. The molecular formula is C22H14BrN3O3. The molecule has 0 aliphatic heterocycles. The molecule has 0 radical (unpaired) electrons. The molecule has 0 saturated heterocycles. The van der Waals surface area contributed by atoms with E-state index in [-0.39, 0.29) is 5.69 Å². The zero-order valence-corrected chi connectivity index (χ0v) is 16.6. The molecule has 0 bridgehead atoms.